The maximum Gasteiger partial charge on any atom is 0.338 e. The van der Waals surface area contributed by atoms with E-state index in [1.807, 2.05) is 12.1 Å². The summed E-state index contributed by atoms with van der Waals surface area (Å²) in [4.78, 5) is 35.6. The monoisotopic (exact) mass is 386 g/mol. The first-order valence-corrected chi connectivity index (χ1v) is 8.48. The summed E-state index contributed by atoms with van der Waals surface area (Å²) >= 11 is 0. The molecule has 0 N–H and O–H groups in total. The lowest BCUT2D eigenvalue weighted by Crippen LogP contribution is -2.43. The molecule has 2 aromatic carbocycles. The molecule has 28 heavy (non-hydrogen) atoms. The zero-order chi connectivity index (χ0) is 20.1. The van der Waals surface area contributed by atoms with Gasteiger partial charge in [-0.25, -0.2) is 4.79 Å². The second-order valence-electron chi connectivity index (χ2n) is 6.15. The highest BCUT2D eigenvalue weighted by molar-refractivity contribution is 5.91. The number of amides is 1. The van der Waals surface area contributed by atoms with Gasteiger partial charge in [0.15, 0.2) is 24.2 Å². The minimum atomic E-state index is -0.733. The molecule has 3 rings (SSSR count). The molecule has 1 atom stereocenters. The van der Waals surface area contributed by atoms with Gasteiger partial charge in [0.1, 0.15) is 6.61 Å². The number of carbonyl (C=O) groups is 2. The molecule has 146 valence electrons. The number of likely N-dealkylation sites (N-methyl/N-ethyl adjacent to an activating group) is 1. The normalized spacial score (nSPS) is 14.8. The number of hydrogen-bond acceptors (Lipinski definition) is 7. The van der Waals surface area contributed by atoms with E-state index < -0.39 is 23.4 Å². The highest BCUT2D eigenvalue weighted by Crippen LogP contribution is 2.30. The fourth-order valence-corrected chi connectivity index (χ4v) is 2.60. The van der Waals surface area contributed by atoms with Gasteiger partial charge in [-0.3, -0.25) is 14.9 Å². The summed E-state index contributed by atoms with van der Waals surface area (Å²) in [6.45, 7) is 0.121. The lowest BCUT2D eigenvalue weighted by atomic mass is 10.2. The Bertz CT molecular complexity index is 882. The Labute approximate surface area is 160 Å². The van der Waals surface area contributed by atoms with E-state index in [4.69, 9.17) is 14.2 Å². The smallest absolute Gasteiger partial charge is 0.338 e. The van der Waals surface area contributed by atoms with E-state index in [0.717, 1.165) is 0 Å². The summed E-state index contributed by atoms with van der Waals surface area (Å²) in [6, 6.07) is 12.2. The largest absolute Gasteiger partial charge is 0.486 e. The van der Waals surface area contributed by atoms with Crippen molar-refractivity contribution in [1.29, 1.82) is 0 Å². The van der Waals surface area contributed by atoms with Gasteiger partial charge < -0.3 is 19.1 Å². The van der Waals surface area contributed by atoms with Gasteiger partial charge in [0.25, 0.3) is 11.6 Å². The standard InChI is InChI=1S/C19H18N2O7/c1-20(10-15-11-26-16-4-2-3-5-17(16)28-15)18(22)12-27-19(23)13-6-8-14(9-7-13)21(24)25/h2-9,15H,10-12H2,1H3/t15-/m0/s1. The molecule has 2 aromatic rings. The molecule has 0 unspecified atom stereocenters. The third kappa shape index (κ3) is 4.56. The van der Waals surface area contributed by atoms with Crippen molar-refractivity contribution in [2.75, 3.05) is 26.8 Å². The van der Waals surface area contributed by atoms with Gasteiger partial charge in [-0.05, 0) is 24.3 Å². The van der Waals surface area contributed by atoms with Gasteiger partial charge in [-0.1, -0.05) is 12.1 Å². The van der Waals surface area contributed by atoms with E-state index in [1.54, 1.807) is 19.2 Å². The first kappa shape index (κ1) is 19.2. The number of nitro benzene ring substituents is 1. The Morgan fingerprint density at radius 2 is 1.86 bits per heavy atom. The lowest BCUT2D eigenvalue weighted by molar-refractivity contribution is -0.384. The number of carbonyl (C=O) groups excluding carboxylic acids is 2. The number of rotatable bonds is 6. The summed E-state index contributed by atoms with van der Waals surface area (Å²) in [7, 11) is 1.58. The number of benzene rings is 2. The van der Waals surface area contributed by atoms with Crippen molar-refractivity contribution in [3.63, 3.8) is 0 Å². The molecule has 1 amide bonds. The highest BCUT2D eigenvalue weighted by atomic mass is 16.6. The van der Waals surface area contributed by atoms with Crippen molar-refractivity contribution in [3.05, 3.63) is 64.2 Å². The van der Waals surface area contributed by atoms with Crippen molar-refractivity contribution in [3.8, 4) is 11.5 Å². The zero-order valence-electron chi connectivity index (χ0n) is 15.1. The number of para-hydroxylation sites is 2. The lowest BCUT2D eigenvalue weighted by Gasteiger charge is -2.29. The van der Waals surface area contributed by atoms with Crippen LogP contribution in [-0.2, 0) is 9.53 Å². The highest BCUT2D eigenvalue weighted by Gasteiger charge is 2.24. The predicted molar refractivity (Wildman–Crippen MR) is 97.4 cm³/mol. The van der Waals surface area contributed by atoms with Crippen molar-refractivity contribution < 1.29 is 28.7 Å². The average molecular weight is 386 g/mol. The molecule has 0 radical (unpaired) electrons. The van der Waals surface area contributed by atoms with Crippen LogP contribution in [0, 0.1) is 10.1 Å². The van der Waals surface area contributed by atoms with E-state index in [2.05, 4.69) is 0 Å². The van der Waals surface area contributed by atoms with Crippen LogP contribution in [-0.4, -0.2) is 54.6 Å². The predicted octanol–water partition coefficient (Wildman–Crippen LogP) is 2.05. The first-order chi connectivity index (χ1) is 13.4. The summed E-state index contributed by atoms with van der Waals surface area (Å²) in [6.07, 6.45) is -0.339. The number of fused-ring (bicyclic) bond motifs is 1. The fraction of sp³-hybridized carbons (Fsp3) is 0.263. The van der Waals surface area contributed by atoms with Gasteiger partial charge in [-0.15, -0.1) is 0 Å². The SMILES string of the molecule is CN(C[C@H]1COc2ccccc2O1)C(=O)COC(=O)c1ccc([N+](=O)[O-])cc1. The average Bonchev–Trinajstić information content (AvgIpc) is 2.71. The second-order valence-corrected chi connectivity index (χ2v) is 6.15. The van der Waals surface area contributed by atoms with Crippen LogP contribution in [0.5, 0.6) is 11.5 Å². The molecule has 9 nitrogen and oxygen atoms in total. The summed E-state index contributed by atoms with van der Waals surface area (Å²) in [5, 5.41) is 10.6. The van der Waals surface area contributed by atoms with Crippen LogP contribution < -0.4 is 9.47 Å². The van der Waals surface area contributed by atoms with E-state index >= 15 is 0 Å². The maximum atomic E-state index is 12.2. The van der Waals surface area contributed by atoms with Crippen molar-refractivity contribution >= 4 is 17.6 Å². The Balaban J connectivity index is 1.48. The number of nitrogens with zero attached hydrogens (tertiary/aromatic N) is 2. The molecule has 0 saturated heterocycles. The molecule has 1 aliphatic heterocycles. The van der Waals surface area contributed by atoms with Gasteiger partial charge in [-0.2, -0.15) is 0 Å². The maximum absolute atomic E-state index is 12.2. The third-order valence-electron chi connectivity index (χ3n) is 4.11. The minimum absolute atomic E-state index is 0.127. The van der Waals surface area contributed by atoms with Gasteiger partial charge in [0, 0.05) is 19.2 Å². The van der Waals surface area contributed by atoms with Crippen LogP contribution in [0.1, 0.15) is 10.4 Å². The van der Waals surface area contributed by atoms with Crippen LogP contribution in [0.2, 0.25) is 0 Å². The number of ether oxygens (including phenoxy) is 3. The Kier molecular flexibility index (Phi) is 5.73. The quantitative estimate of drug-likeness (QED) is 0.425. The molecule has 0 saturated carbocycles. The molecule has 1 aliphatic rings. The van der Waals surface area contributed by atoms with Gasteiger partial charge in [0.2, 0.25) is 0 Å². The van der Waals surface area contributed by atoms with E-state index in [1.165, 1.54) is 29.2 Å². The minimum Gasteiger partial charge on any atom is -0.486 e. The number of non-ortho nitro benzene ring substituents is 1. The molecule has 0 fully saturated rings. The molecular weight excluding hydrogens is 368 g/mol. The van der Waals surface area contributed by atoms with Crippen LogP contribution in [0.15, 0.2) is 48.5 Å². The van der Waals surface area contributed by atoms with Crippen molar-refractivity contribution in [2.24, 2.45) is 0 Å². The van der Waals surface area contributed by atoms with Crippen LogP contribution >= 0.6 is 0 Å². The van der Waals surface area contributed by atoms with Gasteiger partial charge >= 0.3 is 5.97 Å². The Morgan fingerprint density at radius 3 is 2.54 bits per heavy atom. The molecule has 0 bridgehead atoms. The molecule has 0 aromatic heterocycles. The Hall–Kier alpha value is -3.62. The first-order valence-electron chi connectivity index (χ1n) is 8.48. The zero-order valence-corrected chi connectivity index (χ0v) is 15.1. The van der Waals surface area contributed by atoms with Crippen molar-refractivity contribution in [1.82, 2.24) is 4.90 Å². The van der Waals surface area contributed by atoms with Gasteiger partial charge in [0.05, 0.1) is 17.0 Å². The second kappa shape index (κ2) is 8.38. The van der Waals surface area contributed by atoms with E-state index in [-0.39, 0.29) is 23.9 Å². The molecule has 0 aliphatic carbocycles. The van der Waals surface area contributed by atoms with Crippen molar-refractivity contribution in [2.45, 2.75) is 6.10 Å². The van der Waals surface area contributed by atoms with Crippen LogP contribution in [0.3, 0.4) is 0 Å². The molecule has 9 heteroatoms. The molecular formula is C19H18N2O7. The Morgan fingerprint density at radius 1 is 1.18 bits per heavy atom. The summed E-state index contributed by atoms with van der Waals surface area (Å²) < 4.78 is 16.4. The summed E-state index contributed by atoms with van der Waals surface area (Å²) in [5.41, 5.74) is -0.00897. The summed E-state index contributed by atoms with van der Waals surface area (Å²) in [5.74, 6) is 0.134. The topological polar surface area (TPSA) is 108 Å². The van der Waals surface area contributed by atoms with E-state index in [0.29, 0.717) is 18.1 Å². The van der Waals surface area contributed by atoms with Crippen LogP contribution in [0.25, 0.3) is 0 Å². The third-order valence-corrected chi connectivity index (χ3v) is 4.11. The fourth-order valence-electron chi connectivity index (χ4n) is 2.60. The number of hydrogen-bond donors (Lipinski definition) is 0. The molecule has 0 spiro atoms. The molecule has 1 heterocycles. The van der Waals surface area contributed by atoms with E-state index in [9.17, 15) is 19.7 Å². The number of esters is 1. The van der Waals surface area contributed by atoms with Crippen LogP contribution in [0.4, 0.5) is 5.69 Å². The number of nitro groups is 1.